The fraction of sp³-hybridized carbons (Fsp3) is 0.194. The highest BCUT2D eigenvalue weighted by Crippen LogP contribution is 2.38. The minimum Gasteiger partial charge on any atom is -0.490 e. The highest BCUT2D eigenvalue weighted by molar-refractivity contribution is 7.98. The van der Waals surface area contributed by atoms with Crippen molar-refractivity contribution in [2.45, 2.75) is 23.2 Å². The zero-order chi connectivity index (χ0) is 30.8. The number of aromatic nitrogens is 2. The second kappa shape index (κ2) is 15.1. The van der Waals surface area contributed by atoms with Crippen molar-refractivity contribution in [3.63, 3.8) is 0 Å². The molecule has 2 heterocycles. The van der Waals surface area contributed by atoms with Gasteiger partial charge in [0.1, 0.15) is 58.6 Å². The van der Waals surface area contributed by atoms with Gasteiger partial charge in [0.2, 0.25) is 0 Å². The first-order valence-electron chi connectivity index (χ1n) is 12.9. The molecule has 12 heteroatoms. The normalized spacial score (nSPS) is 11.1. The van der Waals surface area contributed by atoms with Crippen LogP contribution in [0.25, 0.3) is 21.7 Å². The summed E-state index contributed by atoms with van der Waals surface area (Å²) in [6.45, 7) is 0.115. The molecular weight excluding hydrogens is 604 g/mol. The predicted octanol–water partition coefficient (Wildman–Crippen LogP) is 5.88. The van der Waals surface area contributed by atoms with E-state index >= 15 is 0 Å². The van der Waals surface area contributed by atoms with Gasteiger partial charge < -0.3 is 20.5 Å². The lowest BCUT2D eigenvalue weighted by Crippen LogP contribution is -2.32. The average Bonchev–Trinajstić information content (AvgIpc) is 3.51. The number of nitrogens with two attached hydrogens (primary N) is 1. The van der Waals surface area contributed by atoms with E-state index in [2.05, 4.69) is 28.4 Å². The summed E-state index contributed by atoms with van der Waals surface area (Å²) in [5, 5.41) is 27.1. The van der Waals surface area contributed by atoms with E-state index in [1.807, 2.05) is 29.6 Å². The van der Waals surface area contributed by atoms with Crippen LogP contribution in [0.2, 0.25) is 5.02 Å². The largest absolute Gasteiger partial charge is 0.490 e. The summed E-state index contributed by atoms with van der Waals surface area (Å²) in [5.41, 5.74) is 9.09. The van der Waals surface area contributed by atoms with Gasteiger partial charge >= 0.3 is 5.97 Å². The van der Waals surface area contributed by atoms with Crippen molar-refractivity contribution in [3.8, 4) is 51.9 Å². The molecule has 0 radical (unpaired) electrons. The maximum Gasteiger partial charge on any atom is 0.324 e. The number of nitrogens with zero attached hydrogens (tertiary/aromatic N) is 4. The Morgan fingerprint density at radius 3 is 2.44 bits per heavy atom. The standard InChI is InChI=1S/C31H25ClN6O3S2/c1-3-4-26(35)31(39)41-14-13-40-23-11-7-19(8-12-23)27-24(15-33)28(36-2)38-30(25(27)16-34)43-18-22-17-42-29(37-22)20-5-9-21(32)10-6-20/h1,5-12,17,26H,4,13-14,18,35H2,2H3,(H,36,38). The van der Waals surface area contributed by atoms with E-state index in [1.54, 1.807) is 31.3 Å². The Balaban J connectivity index is 1.51. The van der Waals surface area contributed by atoms with Crippen molar-refractivity contribution in [1.82, 2.24) is 9.97 Å². The smallest absolute Gasteiger partial charge is 0.324 e. The van der Waals surface area contributed by atoms with E-state index in [-0.39, 0.29) is 30.8 Å². The fourth-order valence-corrected chi connectivity index (χ4v) is 5.87. The lowest BCUT2D eigenvalue weighted by molar-refractivity contribution is -0.145. The van der Waals surface area contributed by atoms with E-state index in [4.69, 9.17) is 38.2 Å². The molecule has 0 saturated carbocycles. The summed E-state index contributed by atoms with van der Waals surface area (Å²) >= 11 is 8.90. The molecule has 0 bridgehead atoms. The fourth-order valence-electron chi connectivity index (χ4n) is 3.93. The van der Waals surface area contributed by atoms with Gasteiger partial charge in [0.15, 0.2) is 0 Å². The van der Waals surface area contributed by atoms with E-state index in [0.29, 0.717) is 38.5 Å². The minimum absolute atomic E-state index is 0.00661. The number of rotatable bonds is 12. The molecule has 1 atom stereocenters. The molecule has 43 heavy (non-hydrogen) atoms. The van der Waals surface area contributed by atoms with Gasteiger partial charge in [-0.1, -0.05) is 47.6 Å². The zero-order valence-corrected chi connectivity index (χ0v) is 25.4. The van der Waals surface area contributed by atoms with Crippen LogP contribution in [-0.4, -0.2) is 42.2 Å². The number of thiazole rings is 1. The SMILES string of the molecule is C#CCC(N)C(=O)OCCOc1ccc(-c2c(C#N)c(NC)nc(SCc3csc(-c4ccc(Cl)cc4)n3)c2C#N)cc1. The maximum atomic E-state index is 11.8. The third-order valence-corrected chi connectivity index (χ3v) is 8.21. The number of hydrogen-bond donors (Lipinski definition) is 2. The Hall–Kier alpha value is -4.57. The summed E-state index contributed by atoms with van der Waals surface area (Å²) in [4.78, 5) is 21.1. The molecule has 4 aromatic rings. The van der Waals surface area contributed by atoms with Crippen LogP contribution in [0, 0.1) is 35.0 Å². The van der Waals surface area contributed by atoms with E-state index in [0.717, 1.165) is 16.3 Å². The Morgan fingerprint density at radius 2 is 1.79 bits per heavy atom. The van der Waals surface area contributed by atoms with Crippen molar-refractivity contribution < 1.29 is 14.3 Å². The number of carbonyl (C=O) groups excluding carboxylic acids is 1. The molecule has 1 unspecified atom stereocenters. The number of hydrogen-bond acceptors (Lipinski definition) is 11. The highest BCUT2D eigenvalue weighted by Gasteiger charge is 2.22. The van der Waals surface area contributed by atoms with Crippen LogP contribution in [0.4, 0.5) is 5.82 Å². The van der Waals surface area contributed by atoms with Crippen molar-refractivity contribution in [2.24, 2.45) is 5.73 Å². The van der Waals surface area contributed by atoms with Crippen LogP contribution >= 0.6 is 34.7 Å². The number of nitriles is 2. The number of halogens is 1. The number of pyridine rings is 1. The van der Waals surface area contributed by atoms with Crippen molar-refractivity contribution >= 4 is 46.5 Å². The summed E-state index contributed by atoms with van der Waals surface area (Å²) in [6, 6.07) is 18.0. The van der Waals surface area contributed by atoms with Gasteiger partial charge in [-0.3, -0.25) is 4.79 Å². The number of thioether (sulfide) groups is 1. The first-order chi connectivity index (χ1) is 20.9. The van der Waals surface area contributed by atoms with Crippen LogP contribution in [0.5, 0.6) is 5.75 Å². The van der Waals surface area contributed by atoms with E-state index < -0.39 is 12.0 Å². The predicted molar refractivity (Wildman–Crippen MR) is 169 cm³/mol. The van der Waals surface area contributed by atoms with Gasteiger partial charge in [-0.2, -0.15) is 10.5 Å². The molecular formula is C31H25ClN6O3S2. The highest BCUT2D eigenvalue weighted by atomic mass is 35.5. The topological polar surface area (TPSA) is 147 Å². The third kappa shape index (κ3) is 7.84. The average molecular weight is 629 g/mol. The van der Waals surface area contributed by atoms with E-state index in [9.17, 15) is 15.3 Å². The van der Waals surface area contributed by atoms with Gasteiger partial charge in [-0.25, -0.2) is 9.97 Å². The van der Waals surface area contributed by atoms with Crippen LogP contribution < -0.4 is 15.8 Å². The number of terminal acetylenes is 1. The van der Waals surface area contributed by atoms with E-state index in [1.165, 1.54) is 23.1 Å². The maximum absolute atomic E-state index is 11.8. The van der Waals surface area contributed by atoms with Crippen LogP contribution in [0.3, 0.4) is 0 Å². The molecule has 4 rings (SSSR count). The van der Waals surface area contributed by atoms with Gasteiger partial charge in [-0.05, 0) is 29.8 Å². The first kappa shape index (κ1) is 31.4. The number of benzene rings is 2. The van der Waals surface area contributed by atoms with Crippen molar-refractivity contribution in [3.05, 3.63) is 75.8 Å². The number of esters is 1. The van der Waals surface area contributed by atoms with Crippen molar-refractivity contribution in [1.29, 1.82) is 10.5 Å². The summed E-state index contributed by atoms with van der Waals surface area (Å²) in [6.07, 6.45) is 5.26. The molecule has 2 aromatic carbocycles. The minimum atomic E-state index is -0.868. The molecule has 0 saturated heterocycles. The Kier molecular flexibility index (Phi) is 11.0. The van der Waals surface area contributed by atoms with Gasteiger partial charge in [0.05, 0.1) is 11.3 Å². The summed E-state index contributed by atoms with van der Waals surface area (Å²) in [7, 11) is 1.68. The monoisotopic (exact) mass is 628 g/mol. The lowest BCUT2D eigenvalue weighted by atomic mass is 9.96. The summed E-state index contributed by atoms with van der Waals surface area (Å²) < 4.78 is 10.7. The first-order valence-corrected chi connectivity index (χ1v) is 15.1. The molecule has 3 N–H and O–H groups in total. The Labute approximate surface area is 262 Å². The molecule has 0 spiro atoms. The van der Waals surface area contributed by atoms with Gasteiger partial charge in [0, 0.05) is 40.8 Å². The second-order valence-corrected chi connectivity index (χ2v) is 11.1. The Bertz CT molecular complexity index is 1720. The summed E-state index contributed by atoms with van der Waals surface area (Å²) in [5.74, 6) is 3.09. The van der Waals surface area contributed by atoms with Gasteiger partial charge in [0.25, 0.3) is 0 Å². The molecule has 0 aliphatic rings. The second-order valence-electron chi connectivity index (χ2n) is 8.86. The van der Waals surface area contributed by atoms with Crippen LogP contribution in [0.15, 0.2) is 58.9 Å². The number of ether oxygens (including phenoxy) is 2. The molecule has 9 nitrogen and oxygen atoms in total. The van der Waals surface area contributed by atoms with Crippen LogP contribution in [0.1, 0.15) is 23.2 Å². The zero-order valence-electron chi connectivity index (χ0n) is 23.0. The van der Waals surface area contributed by atoms with Crippen molar-refractivity contribution in [2.75, 3.05) is 25.6 Å². The molecule has 0 aliphatic heterocycles. The Morgan fingerprint density at radius 1 is 1.09 bits per heavy atom. The molecule has 216 valence electrons. The molecule has 0 amide bonds. The lowest BCUT2D eigenvalue weighted by Gasteiger charge is -2.15. The van der Waals surface area contributed by atoms with Crippen LogP contribution in [-0.2, 0) is 15.3 Å². The molecule has 0 aliphatic carbocycles. The molecule has 2 aromatic heterocycles. The third-order valence-electron chi connectivity index (χ3n) is 6.00. The number of nitrogens with one attached hydrogen (secondary N) is 1. The van der Waals surface area contributed by atoms with Gasteiger partial charge in [-0.15, -0.1) is 23.7 Å². The number of carbonyl (C=O) groups is 1. The molecule has 0 fully saturated rings. The number of anilines is 1. The quantitative estimate of drug-likeness (QED) is 0.0844.